The van der Waals surface area contributed by atoms with Crippen LogP contribution in [0.2, 0.25) is 0 Å². The molecule has 0 aliphatic carbocycles. The van der Waals surface area contributed by atoms with Gasteiger partial charge in [-0.2, -0.15) is 0 Å². The minimum absolute atomic E-state index is 0.0288. The summed E-state index contributed by atoms with van der Waals surface area (Å²) in [7, 11) is -3.97. The van der Waals surface area contributed by atoms with Gasteiger partial charge in [0.1, 0.15) is 5.69 Å². The molecule has 0 radical (unpaired) electrons. The van der Waals surface area contributed by atoms with Gasteiger partial charge in [-0.3, -0.25) is 10.1 Å². The first kappa shape index (κ1) is 18.3. The molecule has 0 spiro atoms. The van der Waals surface area contributed by atoms with Crippen molar-refractivity contribution in [3.8, 4) is 0 Å². The van der Waals surface area contributed by atoms with E-state index in [0.717, 1.165) is 25.7 Å². The number of primary sulfonamides is 1. The lowest BCUT2D eigenvalue weighted by Gasteiger charge is -2.24. The van der Waals surface area contributed by atoms with Crippen molar-refractivity contribution < 1.29 is 13.3 Å². The van der Waals surface area contributed by atoms with Gasteiger partial charge in [0.05, 0.1) is 9.82 Å². The Kier molecular flexibility index (Phi) is 6.27. The van der Waals surface area contributed by atoms with Crippen LogP contribution in [-0.4, -0.2) is 43.9 Å². The first-order chi connectivity index (χ1) is 10.2. The predicted molar refractivity (Wildman–Crippen MR) is 85.3 cm³/mol. The largest absolute Gasteiger partial charge is 0.376 e. The Morgan fingerprint density at radius 1 is 1.36 bits per heavy atom. The molecule has 1 aromatic rings. The van der Waals surface area contributed by atoms with E-state index in [4.69, 9.17) is 5.14 Å². The van der Waals surface area contributed by atoms with Crippen molar-refractivity contribution in [2.24, 2.45) is 5.14 Å². The molecular weight excluding hydrogens is 308 g/mol. The Labute approximate surface area is 130 Å². The summed E-state index contributed by atoms with van der Waals surface area (Å²) in [6, 6.07) is 3.58. The van der Waals surface area contributed by atoms with E-state index in [9.17, 15) is 18.5 Å². The summed E-state index contributed by atoms with van der Waals surface area (Å²) in [4.78, 5) is 12.4. The van der Waals surface area contributed by atoms with Crippen LogP contribution in [0.3, 0.4) is 0 Å². The molecule has 0 amide bonds. The number of hydrogen-bond acceptors (Lipinski definition) is 6. The van der Waals surface area contributed by atoms with Crippen molar-refractivity contribution in [2.45, 2.75) is 31.7 Å². The number of nitrogens with zero attached hydrogens (tertiary/aromatic N) is 2. The van der Waals surface area contributed by atoms with E-state index < -0.39 is 14.9 Å². The molecule has 1 aromatic carbocycles. The van der Waals surface area contributed by atoms with E-state index in [1.54, 1.807) is 0 Å². The number of sulfonamides is 1. The fraction of sp³-hybridized carbons (Fsp3) is 0.538. The van der Waals surface area contributed by atoms with Crippen molar-refractivity contribution in [3.05, 3.63) is 28.3 Å². The molecule has 1 atom stereocenters. The van der Waals surface area contributed by atoms with E-state index in [0.29, 0.717) is 0 Å². The lowest BCUT2D eigenvalue weighted by atomic mass is 10.2. The topological polar surface area (TPSA) is 119 Å². The molecule has 0 fully saturated rings. The minimum Gasteiger partial charge on any atom is -0.376 e. The summed E-state index contributed by atoms with van der Waals surface area (Å²) < 4.78 is 22.6. The van der Waals surface area contributed by atoms with Crippen LogP contribution in [0.4, 0.5) is 11.4 Å². The highest BCUT2D eigenvalue weighted by Gasteiger charge is 2.20. The second-order valence-electron chi connectivity index (χ2n) is 5.01. The third kappa shape index (κ3) is 4.93. The fourth-order valence-corrected chi connectivity index (χ4v) is 2.68. The van der Waals surface area contributed by atoms with Gasteiger partial charge in [0.15, 0.2) is 0 Å². The van der Waals surface area contributed by atoms with Crippen molar-refractivity contribution in [1.82, 2.24) is 4.90 Å². The maximum Gasteiger partial charge on any atom is 0.293 e. The molecule has 124 valence electrons. The first-order valence-electron chi connectivity index (χ1n) is 6.99. The minimum atomic E-state index is -3.97. The molecule has 0 aliphatic heterocycles. The smallest absolute Gasteiger partial charge is 0.293 e. The van der Waals surface area contributed by atoms with Crippen molar-refractivity contribution in [3.63, 3.8) is 0 Å². The van der Waals surface area contributed by atoms with Crippen LogP contribution in [-0.2, 0) is 10.0 Å². The normalized spacial score (nSPS) is 13.1. The summed E-state index contributed by atoms with van der Waals surface area (Å²) in [6.07, 6.45) is 0. The van der Waals surface area contributed by atoms with Gasteiger partial charge in [0.2, 0.25) is 10.0 Å². The van der Waals surface area contributed by atoms with Gasteiger partial charge >= 0.3 is 0 Å². The van der Waals surface area contributed by atoms with Gasteiger partial charge in [-0.25, -0.2) is 13.6 Å². The summed E-state index contributed by atoms with van der Waals surface area (Å²) in [6.45, 7) is 8.49. The van der Waals surface area contributed by atoms with Crippen LogP contribution in [0.15, 0.2) is 23.1 Å². The molecule has 0 saturated heterocycles. The van der Waals surface area contributed by atoms with Crippen LogP contribution >= 0.6 is 0 Å². The molecule has 0 saturated carbocycles. The number of hydrogen-bond donors (Lipinski definition) is 2. The number of nitrogens with two attached hydrogens (primary N) is 1. The molecule has 0 unspecified atom stereocenters. The molecular formula is C13H22N4O4S. The van der Waals surface area contributed by atoms with Crippen LogP contribution < -0.4 is 10.5 Å². The summed E-state index contributed by atoms with van der Waals surface area (Å²) >= 11 is 0. The van der Waals surface area contributed by atoms with Gasteiger partial charge in [-0.05, 0) is 32.1 Å². The maximum atomic E-state index is 11.3. The number of nitro benzene ring substituents is 1. The Morgan fingerprint density at radius 3 is 2.41 bits per heavy atom. The van der Waals surface area contributed by atoms with E-state index in [2.05, 4.69) is 10.2 Å². The van der Waals surface area contributed by atoms with Gasteiger partial charge < -0.3 is 10.2 Å². The second-order valence-corrected chi connectivity index (χ2v) is 6.57. The summed E-state index contributed by atoms with van der Waals surface area (Å²) in [5.74, 6) is 0. The third-order valence-electron chi connectivity index (χ3n) is 3.32. The lowest BCUT2D eigenvalue weighted by Crippen LogP contribution is -2.34. The van der Waals surface area contributed by atoms with Gasteiger partial charge in [-0.1, -0.05) is 13.8 Å². The summed E-state index contributed by atoms with van der Waals surface area (Å²) in [5.41, 5.74) is -0.0324. The van der Waals surface area contributed by atoms with Crippen LogP contribution in [0.25, 0.3) is 0 Å². The van der Waals surface area contributed by atoms with Crippen LogP contribution in [0.5, 0.6) is 0 Å². The summed E-state index contributed by atoms with van der Waals surface area (Å²) in [5, 5.41) is 19.2. The average molecular weight is 330 g/mol. The predicted octanol–water partition coefficient (Wildman–Crippen LogP) is 1.38. The maximum absolute atomic E-state index is 11.3. The van der Waals surface area contributed by atoms with Crippen molar-refractivity contribution in [1.29, 1.82) is 0 Å². The molecule has 0 aromatic heterocycles. The third-order valence-corrected chi connectivity index (χ3v) is 4.23. The lowest BCUT2D eigenvalue weighted by molar-refractivity contribution is -0.384. The van der Waals surface area contributed by atoms with Crippen molar-refractivity contribution >= 4 is 21.4 Å². The van der Waals surface area contributed by atoms with Crippen LogP contribution in [0.1, 0.15) is 20.8 Å². The Hall–Kier alpha value is -1.71. The van der Waals surface area contributed by atoms with Gasteiger partial charge in [0, 0.05) is 18.7 Å². The number of nitrogens with one attached hydrogen (secondary N) is 1. The molecule has 0 aliphatic rings. The quantitative estimate of drug-likeness (QED) is 0.549. The van der Waals surface area contributed by atoms with Gasteiger partial charge in [0.25, 0.3) is 5.69 Å². The van der Waals surface area contributed by atoms with E-state index in [1.165, 1.54) is 12.1 Å². The standard InChI is InChI=1S/C13H22N4O4S/c1-4-16(5-2)9-10(3)15-12-7-6-11(22(14,20)21)8-13(12)17(18)19/h6-8,10,15H,4-5,9H2,1-3H3,(H2,14,20,21)/t10-/m0/s1. The Bertz CT molecular complexity index is 629. The number of nitro groups is 1. The first-order valence-corrected chi connectivity index (χ1v) is 8.53. The molecule has 22 heavy (non-hydrogen) atoms. The molecule has 9 heteroatoms. The number of benzene rings is 1. The molecule has 3 N–H and O–H groups in total. The van der Waals surface area contributed by atoms with Crippen LogP contribution in [0, 0.1) is 10.1 Å². The molecule has 0 heterocycles. The molecule has 1 rings (SSSR count). The molecule has 0 bridgehead atoms. The fourth-order valence-electron chi connectivity index (χ4n) is 2.14. The second kappa shape index (κ2) is 7.52. The zero-order valence-electron chi connectivity index (χ0n) is 12.9. The highest BCUT2D eigenvalue weighted by atomic mass is 32.2. The number of likely N-dealkylation sites (N-methyl/N-ethyl adjacent to an activating group) is 1. The van der Waals surface area contributed by atoms with Gasteiger partial charge in [-0.15, -0.1) is 0 Å². The molecule has 8 nitrogen and oxygen atoms in total. The Balaban J connectivity index is 3.02. The van der Waals surface area contributed by atoms with E-state index >= 15 is 0 Å². The highest BCUT2D eigenvalue weighted by Crippen LogP contribution is 2.27. The SMILES string of the molecule is CCN(CC)C[C@H](C)Nc1ccc(S(N)(=O)=O)cc1[N+](=O)[O-]. The average Bonchev–Trinajstić information content (AvgIpc) is 2.43. The zero-order chi connectivity index (χ0) is 16.9. The highest BCUT2D eigenvalue weighted by molar-refractivity contribution is 7.89. The monoisotopic (exact) mass is 330 g/mol. The number of anilines is 1. The zero-order valence-corrected chi connectivity index (χ0v) is 13.8. The number of rotatable bonds is 8. The van der Waals surface area contributed by atoms with Crippen molar-refractivity contribution in [2.75, 3.05) is 25.0 Å². The Morgan fingerprint density at radius 2 is 1.95 bits per heavy atom. The van der Waals surface area contributed by atoms with E-state index in [1.807, 2.05) is 20.8 Å². The van der Waals surface area contributed by atoms with E-state index in [-0.39, 0.29) is 22.3 Å².